The number of aliphatic imine (C=N–C) groups is 1. The van der Waals surface area contributed by atoms with Gasteiger partial charge in [-0.15, -0.1) is 0 Å². The molecule has 0 aromatic heterocycles. The summed E-state index contributed by atoms with van der Waals surface area (Å²) < 4.78 is 46.2. The van der Waals surface area contributed by atoms with Gasteiger partial charge in [0.15, 0.2) is 5.96 Å². The number of alkyl halides is 3. The molecular weight excluding hydrogens is 347 g/mol. The monoisotopic (exact) mass is 375 g/mol. The predicted molar refractivity (Wildman–Crippen MR) is 96.1 cm³/mol. The zero-order chi connectivity index (χ0) is 19.6. The molecule has 0 fully saturated rings. The van der Waals surface area contributed by atoms with Gasteiger partial charge in [0.25, 0.3) is 0 Å². The molecule has 0 amide bonds. The predicted octanol–water partition coefficient (Wildman–Crippen LogP) is 3.25. The average molecular weight is 375 g/mol. The summed E-state index contributed by atoms with van der Waals surface area (Å²) in [6.45, 7) is 6.40. The number of rotatable bonds is 9. The summed E-state index contributed by atoms with van der Waals surface area (Å²) in [5.74, 6) is 0.676. The van der Waals surface area contributed by atoms with E-state index in [9.17, 15) is 13.2 Å². The van der Waals surface area contributed by atoms with Gasteiger partial charge in [0, 0.05) is 20.2 Å². The third-order valence-electron chi connectivity index (χ3n) is 3.56. The van der Waals surface area contributed by atoms with Crippen molar-refractivity contribution in [3.8, 4) is 0 Å². The number of guanidine groups is 1. The molecule has 0 bridgehead atoms. The molecule has 0 aliphatic heterocycles. The number of hydrogen-bond donors (Lipinski definition) is 2. The number of hydrogen-bond acceptors (Lipinski definition) is 3. The molecule has 0 spiro atoms. The molecule has 0 radical (unpaired) electrons. The third-order valence-corrected chi connectivity index (χ3v) is 3.56. The Labute approximate surface area is 153 Å². The maximum absolute atomic E-state index is 12.1. The van der Waals surface area contributed by atoms with Gasteiger partial charge in [-0.05, 0) is 31.9 Å². The first-order valence-corrected chi connectivity index (χ1v) is 8.45. The highest BCUT2D eigenvalue weighted by atomic mass is 19.4. The van der Waals surface area contributed by atoms with Crippen LogP contribution in [-0.4, -0.2) is 44.5 Å². The van der Waals surface area contributed by atoms with Crippen LogP contribution in [0.1, 0.15) is 31.9 Å². The van der Waals surface area contributed by atoms with Crippen LogP contribution in [0.25, 0.3) is 0 Å². The SMILES string of the molecule is CCNC(=NCc1ccc(COCC(F)(F)F)cc1)NCC(C)(C)OC. The molecule has 148 valence electrons. The van der Waals surface area contributed by atoms with Gasteiger partial charge in [-0.3, -0.25) is 0 Å². The normalized spacial score (nSPS) is 13.0. The number of methoxy groups -OCH3 is 1. The Morgan fingerprint density at radius 2 is 1.69 bits per heavy atom. The summed E-state index contributed by atoms with van der Waals surface area (Å²) in [6.07, 6.45) is -4.30. The molecule has 0 atom stereocenters. The van der Waals surface area contributed by atoms with Crippen molar-refractivity contribution in [3.05, 3.63) is 35.4 Å². The Bertz CT molecular complexity index is 558. The van der Waals surface area contributed by atoms with Gasteiger partial charge in [-0.2, -0.15) is 13.2 Å². The van der Waals surface area contributed by atoms with Crippen LogP contribution in [-0.2, 0) is 22.6 Å². The van der Waals surface area contributed by atoms with Crippen molar-refractivity contribution in [2.45, 2.75) is 45.7 Å². The molecule has 1 aromatic rings. The van der Waals surface area contributed by atoms with Crippen LogP contribution in [0.4, 0.5) is 13.2 Å². The van der Waals surface area contributed by atoms with Crippen LogP contribution in [0, 0.1) is 0 Å². The van der Waals surface area contributed by atoms with Crippen LogP contribution < -0.4 is 10.6 Å². The number of benzene rings is 1. The second-order valence-corrected chi connectivity index (χ2v) is 6.44. The summed E-state index contributed by atoms with van der Waals surface area (Å²) in [7, 11) is 1.66. The Morgan fingerprint density at radius 3 is 2.23 bits per heavy atom. The fraction of sp³-hybridized carbons (Fsp3) is 0.611. The summed E-state index contributed by atoms with van der Waals surface area (Å²) >= 11 is 0. The van der Waals surface area contributed by atoms with E-state index in [-0.39, 0.29) is 12.2 Å². The van der Waals surface area contributed by atoms with Crippen LogP contribution in [0.5, 0.6) is 0 Å². The maximum atomic E-state index is 12.1. The quantitative estimate of drug-likeness (QED) is 0.514. The Balaban J connectivity index is 2.55. The molecule has 5 nitrogen and oxygen atoms in total. The van der Waals surface area contributed by atoms with Crippen molar-refractivity contribution in [1.82, 2.24) is 10.6 Å². The minimum atomic E-state index is -4.30. The molecule has 0 aliphatic carbocycles. The van der Waals surface area contributed by atoms with E-state index in [1.807, 2.05) is 32.9 Å². The minimum Gasteiger partial charge on any atom is -0.377 e. The number of ether oxygens (including phenoxy) is 2. The highest BCUT2D eigenvalue weighted by molar-refractivity contribution is 5.79. The van der Waals surface area contributed by atoms with E-state index in [4.69, 9.17) is 4.74 Å². The fourth-order valence-electron chi connectivity index (χ4n) is 1.91. The standard InChI is InChI=1S/C18H28F3N3O2/c1-5-22-16(24-12-17(2,3)25-4)23-10-14-6-8-15(9-7-14)11-26-13-18(19,20)21/h6-9H,5,10-13H2,1-4H3,(H2,22,23,24). The Morgan fingerprint density at radius 1 is 1.08 bits per heavy atom. The number of halogens is 3. The van der Waals surface area contributed by atoms with E-state index in [1.165, 1.54) is 0 Å². The molecule has 8 heteroatoms. The van der Waals surface area contributed by atoms with Crippen molar-refractivity contribution in [2.24, 2.45) is 4.99 Å². The molecule has 0 saturated heterocycles. The lowest BCUT2D eigenvalue weighted by molar-refractivity contribution is -0.176. The highest BCUT2D eigenvalue weighted by Gasteiger charge is 2.27. The lowest BCUT2D eigenvalue weighted by Gasteiger charge is -2.24. The second-order valence-electron chi connectivity index (χ2n) is 6.44. The summed E-state index contributed by atoms with van der Waals surface area (Å²) in [5, 5.41) is 6.38. The van der Waals surface area contributed by atoms with Crippen molar-refractivity contribution in [3.63, 3.8) is 0 Å². The van der Waals surface area contributed by atoms with E-state index in [2.05, 4.69) is 20.4 Å². The van der Waals surface area contributed by atoms with E-state index in [0.29, 0.717) is 24.6 Å². The van der Waals surface area contributed by atoms with Gasteiger partial charge in [-0.25, -0.2) is 4.99 Å². The van der Waals surface area contributed by atoms with Crippen molar-refractivity contribution < 1.29 is 22.6 Å². The molecule has 0 aliphatic rings. The van der Waals surface area contributed by atoms with Crippen LogP contribution in [0.15, 0.2) is 29.3 Å². The first kappa shape index (κ1) is 22.2. The van der Waals surface area contributed by atoms with Crippen LogP contribution in [0.3, 0.4) is 0 Å². The highest BCUT2D eigenvalue weighted by Crippen LogP contribution is 2.16. The van der Waals surface area contributed by atoms with Gasteiger partial charge < -0.3 is 20.1 Å². The van der Waals surface area contributed by atoms with Crippen molar-refractivity contribution in [1.29, 1.82) is 0 Å². The molecule has 0 heterocycles. The summed E-state index contributed by atoms with van der Waals surface area (Å²) in [6, 6.07) is 7.15. The molecular formula is C18H28F3N3O2. The van der Waals surface area contributed by atoms with Crippen LogP contribution >= 0.6 is 0 Å². The van der Waals surface area contributed by atoms with E-state index >= 15 is 0 Å². The molecule has 1 aromatic carbocycles. The van der Waals surface area contributed by atoms with Gasteiger partial charge in [0.05, 0.1) is 18.8 Å². The molecule has 1 rings (SSSR count). The topological polar surface area (TPSA) is 54.9 Å². The maximum Gasteiger partial charge on any atom is 0.411 e. The van der Waals surface area contributed by atoms with E-state index < -0.39 is 12.8 Å². The summed E-state index contributed by atoms with van der Waals surface area (Å²) in [4.78, 5) is 4.50. The molecule has 2 N–H and O–H groups in total. The Hall–Kier alpha value is -1.80. The van der Waals surface area contributed by atoms with E-state index in [0.717, 1.165) is 12.1 Å². The zero-order valence-corrected chi connectivity index (χ0v) is 15.7. The zero-order valence-electron chi connectivity index (χ0n) is 15.7. The molecule has 26 heavy (non-hydrogen) atoms. The fourth-order valence-corrected chi connectivity index (χ4v) is 1.91. The van der Waals surface area contributed by atoms with E-state index in [1.54, 1.807) is 19.2 Å². The Kier molecular flexibility index (Phi) is 8.87. The summed E-state index contributed by atoms with van der Waals surface area (Å²) in [5.41, 5.74) is 1.33. The first-order chi connectivity index (χ1) is 12.1. The number of nitrogens with zero attached hydrogens (tertiary/aromatic N) is 1. The average Bonchev–Trinajstić information content (AvgIpc) is 2.57. The van der Waals surface area contributed by atoms with Gasteiger partial charge in [0.2, 0.25) is 0 Å². The van der Waals surface area contributed by atoms with Crippen molar-refractivity contribution >= 4 is 5.96 Å². The number of nitrogens with one attached hydrogen (secondary N) is 2. The van der Waals surface area contributed by atoms with Crippen LogP contribution in [0.2, 0.25) is 0 Å². The third kappa shape index (κ3) is 9.62. The lowest BCUT2D eigenvalue weighted by atomic mass is 10.1. The van der Waals surface area contributed by atoms with Crippen molar-refractivity contribution in [2.75, 3.05) is 26.8 Å². The van der Waals surface area contributed by atoms with Gasteiger partial charge in [-0.1, -0.05) is 24.3 Å². The molecule has 0 saturated carbocycles. The van der Waals surface area contributed by atoms with Gasteiger partial charge in [0.1, 0.15) is 6.61 Å². The smallest absolute Gasteiger partial charge is 0.377 e. The second kappa shape index (κ2) is 10.4. The minimum absolute atomic E-state index is 0.0701. The first-order valence-electron chi connectivity index (χ1n) is 8.45. The lowest BCUT2D eigenvalue weighted by Crippen LogP contribution is -2.45. The largest absolute Gasteiger partial charge is 0.411 e. The molecule has 0 unspecified atom stereocenters. The van der Waals surface area contributed by atoms with Gasteiger partial charge >= 0.3 is 6.18 Å².